The molecule has 8 heteroatoms. The molecule has 1 aromatic heterocycles. The van der Waals surface area contributed by atoms with Crippen LogP contribution in [0.1, 0.15) is 23.8 Å². The third-order valence-electron chi connectivity index (χ3n) is 4.24. The van der Waals surface area contributed by atoms with Crippen molar-refractivity contribution in [3.63, 3.8) is 0 Å². The van der Waals surface area contributed by atoms with Crippen molar-refractivity contribution in [3.05, 3.63) is 41.4 Å². The first-order valence-corrected chi connectivity index (χ1v) is 8.85. The van der Waals surface area contributed by atoms with E-state index in [0.29, 0.717) is 43.3 Å². The normalized spacial score (nSPS) is 15.5. The lowest BCUT2D eigenvalue weighted by molar-refractivity contribution is -0.137. The molecule has 1 aromatic carbocycles. The maximum Gasteiger partial charge on any atom is 0.274 e. The fourth-order valence-electron chi connectivity index (χ4n) is 2.81. The van der Waals surface area contributed by atoms with Gasteiger partial charge in [-0.3, -0.25) is 9.59 Å². The molecular formula is C18H20ClN3O4. The molecule has 1 fully saturated rings. The second-order valence-corrected chi connectivity index (χ2v) is 6.29. The number of amides is 2. The van der Waals surface area contributed by atoms with Gasteiger partial charge in [-0.05, 0) is 18.6 Å². The molecule has 1 saturated heterocycles. The molecular weight excluding hydrogens is 358 g/mol. The van der Waals surface area contributed by atoms with Crippen molar-refractivity contribution in [1.82, 2.24) is 15.2 Å². The van der Waals surface area contributed by atoms with Gasteiger partial charge in [0.25, 0.3) is 5.91 Å². The molecule has 0 saturated carbocycles. The number of carbonyl (C=O) groups is 2. The highest BCUT2D eigenvalue weighted by Gasteiger charge is 2.28. The molecule has 1 aliphatic rings. The highest BCUT2D eigenvalue weighted by Crippen LogP contribution is 2.29. The zero-order chi connectivity index (χ0) is 18.5. The van der Waals surface area contributed by atoms with Crippen molar-refractivity contribution in [2.24, 2.45) is 0 Å². The topological polar surface area (TPSA) is 84.7 Å². The number of oxazole rings is 1. The number of nitrogens with zero attached hydrogens (tertiary/aromatic N) is 2. The van der Waals surface area contributed by atoms with E-state index in [2.05, 4.69) is 10.3 Å². The molecule has 7 nitrogen and oxygen atoms in total. The quantitative estimate of drug-likeness (QED) is 0.864. The van der Waals surface area contributed by atoms with Crippen LogP contribution in [0.3, 0.4) is 0 Å². The van der Waals surface area contributed by atoms with Gasteiger partial charge in [0.05, 0.1) is 18.2 Å². The predicted molar refractivity (Wildman–Crippen MR) is 95.9 cm³/mol. The zero-order valence-electron chi connectivity index (χ0n) is 14.4. The van der Waals surface area contributed by atoms with Crippen molar-refractivity contribution in [2.75, 3.05) is 26.3 Å². The van der Waals surface area contributed by atoms with E-state index in [1.165, 1.54) is 6.39 Å². The molecule has 26 heavy (non-hydrogen) atoms. The predicted octanol–water partition coefficient (Wildman–Crippen LogP) is 2.36. The number of hydrogen-bond donors (Lipinski definition) is 1. The van der Waals surface area contributed by atoms with Crippen LogP contribution in [0.15, 0.2) is 35.1 Å². The van der Waals surface area contributed by atoms with Crippen molar-refractivity contribution in [1.29, 1.82) is 0 Å². The Hall–Kier alpha value is -2.38. The number of halogens is 1. The SMILES string of the molecule is CCC(NC(=O)c1ncoc1-c1ccccc1Cl)C(=O)N1CCOCC1. The highest BCUT2D eigenvalue weighted by atomic mass is 35.5. The first-order valence-electron chi connectivity index (χ1n) is 8.47. The number of aromatic nitrogens is 1. The summed E-state index contributed by atoms with van der Waals surface area (Å²) in [6.45, 7) is 3.92. The lowest BCUT2D eigenvalue weighted by Gasteiger charge is -2.30. The van der Waals surface area contributed by atoms with E-state index in [4.69, 9.17) is 20.8 Å². The summed E-state index contributed by atoms with van der Waals surface area (Å²) in [5, 5.41) is 3.21. The minimum absolute atomic E-state index is 0.103. The number of carbonyl (C=O) groups excluding carboxylic acids is 2. The zero-order valence-corrected chi connectivity index (χ0v) is 15.2. The van der Waals surface area contributed by atoms with Gasteiger partial charge in [-0.25, -0.2) is 4.98 Å². The molecule has 138 valence electrons. The van der Waals surface area contributed by atoms with Crippen LogP contribution in [-0.2, 0) is 9.53 Å². The van der Waals surface area contributed by atoms with Crippen LogP contribution in [-0.4, -0.2) is 54.0 Å². The Kier molecular flexibility index (Phi) is 5.90. The Morgan fingerprint density at radius 2 is 2.04 bits per heavy atom. The monoisotopic (exact) mass is 377 g/mol. The van der Waals surface area contributed by atoms with Crippen LogP contribution in [0.5, 0.6) is 0 Å². The third kappa shape index (κ3) is 3.89. The van der Waals surface area contributed by atoms with E-state index >= 15 is 0 Å². The summed E-state index contributed by atoms with van der Waals surface area (Å²) in [6.07, 6.45) is 1.67. The van der Waals surface area contributed by atoms with Crippen molar-refractivity contribution in [3.8, 4) is 11.3 Å². The summed E-state index contributed by atoms with van der Waals surface area (Å²) in [6, 6.07) is 6.41. The molecule has 1 atom stereocenters. The van der Waals surface area contributed by atoms with Crippen molar-refractivity contribution in [2.45, 2.75) is 19.4 Å². The highest BCUT2D eigenvalue weighted by molar-refractivity contribution is 6.33. The molecule has 0 bridgehead atoms. The molecule has 2 amide bonds. The van der Waals surface area contributed by atoms with Gasteiger partial charge in [-0.15, -0.1) is 0 Å². The summed E-state index contributed by atoms with van der Waals surface area (Å²) in [5.41, 5.74) is 0.677. The van der Waals surface area contributed by atoms with E-state index < -0.39 is 11.9 Å². The lowest BCUT2D eigenvalue weighted by Crippen LogP contribution is -2.51. The molecule has 1 aliphatic heterocycles. The number of benzene rings is 1. The van der Waals surface area contributed by atoms with Gasteiger partial charge in [0, 0.05) is 18.7 Å². The van der Waals surface area contributed by atoms with Gasteiger partial charge in [0.2, 0.25) is 5.91 Å². The summed E-state index contributed by atoms with van der Waals surface area (Å²) >= 11 is 6.19. The molecule has 1 N–H and O–H groups in total. The number of nitrogens with one attached hydrogen (secondary N) is 1. The van der Waals surface area contributed by atoms with E-state index in [1.807, 2.05) is 6.92 Å². The number of hydrogen-bond acceptors (Lipinski definition) is 5. The largest absolute Gasteiger partial charge is 0.443 e. The number of rotatable bonds is 5. The smallest absolute Gasteiger partial charge is 0.274 e. The number of morpholine rings is 1. The van der Waals surface area contributed by atoms with Crippen molar-refractivity contribution < 1.29 is 18.7 Å². The molecule has 0 spiro atoms. The standard InChI is InChI=1S/C18H20ClN3O4/c1-2-14(18(24)22-7-9-25-10-8-22)21-17(23)15-16(26-11-20-15)12-5-3-4-6-13(12)19/h3-6,11,14H,2,7-10H2,1H3,(H,21,23). The van der Waals surface area contributed by atoms with Gasteiger partial charge < -0.3 is 19.4 Å². The van der Waals surface area contributed by atoms with Gasteiger partial charge in [-0.2, -0.15) is 0 Å². The second-order valence-electron chi connectivity index (χ2n) is 5.88. The lowest BCUT2D eigenvalue weighted by atomic mass is 10.1. The van der Waals surface area contributed by atoms with Crippen LogP contribution >= 0.6 is 11.6 Å². The van der Waals surface area contributed by atoms with E-state index in [1.54, 1.807) is 29.2 Å². The van der Waals surface area contributed by atoms with Gasteiger partial charge >= 0.3 is 0 Å². The average Bonchev–Trinajstić information content (AvgIpc) is 3.16. The van der Waals surface area contributed by atoms with E-state index in [0.717, 1.165) is 0 Å². The first-order chi connectivity index (χ1) is 12.6. The summed E-state index contributed by atoms with van der Waals surface area (Å²) in [7, 11) is 0. The van der Waals surface area contributed by atoms with Gasteiger partial charge in [0.15, 0.2) is 17.8 Å². The molecule has 0 aliphatic carbocycles. The Morgan fingerprint density at radius 1 is 1.31 bits per heavy atom. The Morgan fingerprint density at radius 3 is 2.73 bits per heavy atom. The van der Waals surface area contributed by atoms with Crippen molar-refractivity contribution >= 4 is 23.4 Å². The van der Waals surface area contributed by atoms with Gasteiger partial charge in [0.1, 0.15) is 6.04 Å². The third-order valence-corrected chi connectivity index (χ3v) is 4.57. The summed E-state index contributed by atoms with van der Waals surface area (Å²) in [4.78, 5) is 31.0. The van der Waals surface area contributed by atoms with Gasteiger partial charge in [-0.1, -0.05) is 30.7 Å². The van der Waals surface area contributed by atoms with Crippen LogP contribution < -0.4 is 5.32 Å². The Bertz CT molecular complexity index is 786. The maximum absolute atomic E-state index is 12.7. The average molecular weight is 378 g/mol. The maximum atomic E-state index is 12.7. The van der Waals surface area contributed by atoms with E-state index in [9.17, 15) is 9.59 Å². The summed E-state index contributed by atoms with van der Waals surface area (Å²) < 4.78 is 10.6. The molecule has 2 heterocycles. The summed E-state index contributed by atoms with van der Waals surface area (Å²) in [5.74, 6) is -0.309. The Balaban J connectivity index is 1.76. The molecule has 3 rings (SSSR count). The molecule has 0 radical (unpaired) electrons. The second kappa shape index (κ2) is 8.33. The minimum atomic E-state index is -0.628. The first kappa shape index (κ1) is 18.4. The fourth-order valence-corrected chi connectivity index (χ4v) is 3.04. The van der Waals surface area contributed by atoms with Crippen LogP contribution in [0.4, 0.5) is 0 Å². The van der Waals surface area contributed by atoms with E-state index in [-0.39, 0.29) is 17.4 Å². The van der Waals surface area contributed by atoms with Crippen LogP contribution in [0.25, 0.3) is 11.3 Å². The van der Waals surface area contributed by atoms with Crippen LogP contribution in [0, 0.1) is 0 Å². The molecule has 1 unspecified atom stereocenters. The fraction of sp³-hybridized carbons (Fsp3) is 0.389. The minimum Gasteiger partial charge on any atom is -0.443 e. The van der Waals surface area contributed by atoms with Crippen LogP contribution in [0.2, 0.25) is 5.02 Å². The molecule has 2 aromatic rings. The Labute approximate surface area is 156 Å². The number of ether oxygens (including phenoxy) is 1.